The Hall–Kier alpha value is -1.72. The molecule has 58 valence electrons. The van der Waals surface area contributed by atoms with Gasteiger partial charge in [-0.05, 0) is 0 Å². The number of aromatic carboxylic acids is 1. The normalized spacial score (nSPS) is 9.55. The van der Waals surface area contributed by atoms with Crippen molar-refractivity contribution in [3.8, 4) is 0 Å². The first-order chi connectivity index (χ1) is 5.09. The van der Waals surface area contributed by atoms with Crippen LogP contribution in [0, 0.1) is 6.08 Å². The number of nitrogens with zero attached hydrogens (tertiary/aromatic N) is 1. The molecule has 0 saturated heterocycles. The van der Waals surface area contributed by atoms with E-state index in [2.05, 4.69) is 4.98 Å². The zero-order valence-corrected chi connectivity index (χ0v) is 5.17. The Balaban J connectivity index is 3.30. The van der Waals surface area contributed by atoms with Gasteiger partial charge in [0.1, 0.15) is 0 Å². The molecule has 0 amide bonds. The summed E-state index contributed by atoms with van der Waals surface area (Å²) in [4.78, 5) is 25.1. The number of nitrogens with one attached hydrogen (secondary N) is 1. The zero-order chi connectivity index (χ0) is 8.43. The van der Waals surface area contributed by atoms with E-state index in [-0.39, 0.29) is 0 Å². The Kier molecular flexibility index (Phi) is 1.67. The summed E-state index contributed by atoms with van der Waals surface area (Å²) in [5, 5.41) is 8.25. The van der Waals surface area contributed by atoms with Crippen LogP contribution >= 0.6 is 0 Å². The highest BCUT2D eigenvalue weighted by Gasteiger charge is 2.06. The van der Waals surface area contributed by atoms with Gasteiger partial charge < -0.3 is 5.11 Å². The van der Waals surface area contributed by atoms with E-state index in [4.69, 9.17) is 5.11 Å². The molecule has 11 heavy (non-hydrogen) atoms. The molecule has 0 radical (unpaired) electrons. The Bertz CT molecular complexity index is 346. The van der Waals surface area contributed by atoms with E-state index in [0.717, 1.165) is 0 Å². The van der Waals surface area contributed by atoms with Crippen LogP contribution in [0.15, 0.2) is 10.9 Å². The standard InChI is InChI=1S/C5H3FN2O3/c6-5-7-2(4(10)11)1-3(9)8-5/h1H,(H,10,11)(H,7,8,9). The van der Waals surface area contributed by atoms with Crippen molar-refractivity contribution in [3.63, 3.8) is 0 Å². The van der Waals surface area contributed by atoms with Crippen molar-refractivity contribution in [1.29, 1.82) is 0 Å². The summed E-state index contributed by atoms with van der Waals surface area (Å²) >= 11 is 0. The van der Waals surface area contributed by atoms with Gasteiger partial charge in [0.05, 0.1) is 0 Å². The highest BCUT2D eigenvalue weighted by Crippen LogP contribution is 1.88. The second-order valence-corrected chi connectivity index (χ2v) is 1.73. The van der Waals surface area contributed by atoms with E-state index < -0.39 is 23.3 Å². The first-order valence-electron chi connectivity index (χ1n) is 2.60. The van der Waals surface area contributed by atoms with E-state index in [9.17, 15) is 14.0 Å². The van der Waals surface area contributed by atoms with Crippen LogP contribution in [0.1, 0.15) is 10.5 Å². The molecule has 0 aliphatic heterocycles. The minimum Gasteiger partial charge on any atom is -0.477 e. The van der Waals surface area contributed by atoms with E-state index in [0.29, 0.717) is 6.07 Å². The highest BCUT2D eigenvalue weighted by molar-refractivity contribution is 5.84. The van der Waals surface area contributed by atoms with Gasteiger partial charge in [-0.15, -0.1) is 0 Å². The lowest BCUT2D eigenvalue weighted by Crippen LogP contribution is -2.14. The van der Waals surface area contributed by atoms with Crippen molar-refractivity contribution in [2.24, 2.45) is 0 Å². The number of carboxylic acid groups (broad SMARTS) is 1. The Morgan fingerprint density at radius 3 is 2.82 bits per heavy atom. The number of aromatic nitrogens is 2. The zero-order valence-electron chi connectivity index (χ0n) is 5.17. The van der Waals surface area contributed by atoms with Crippen LogP contribution in [0.25, 0.3) is 0 Å². The third-order valence-electron chi connectivity index (χ3n) is 0.932. The Labute approximate surface area is 59.5 Å². The molecule has 0 aromatic carbocycles. The summed E-state index contributed by atoms with van der Waals surface area (Å²) in [6.07, 6.45) is -1.20. The van der Waals surface area contributed by atoms with Gasteiger partial charge in [-0.2, -0.15) is 9.37 Å². The second kappa shape index (κ2) is 2.49. The summed E-state index contributed by atoms with van der Waals surface area (Å²) in [6, 6.07) is 0.700. The van der Waals surface area contributed by atoms with Crippen LogP contribution in [0.4, 0.5) is 4.39 Å². The molecule has 0 bridgehead atoms. The second-order valence-electron chi connectivity index (χ2n) is 1.73. The minimum atomic E-state index is -1.44. The van der Waals surface area contributed by atoms with Crippen LogP contribution in [0.3, 0.4) is 0 Å². The van der Waals surface area contributed by atoms with Gasteiger partial charge in [0.15, 0.2) is 5.69 Å². The van der Waals surface area contributed by atoms with Gasteiger partial charge in [-0.1, -0.05) is 0 Å². The monoisotopic (exact) mass is 158 g/mol. The third kappa shape index (κ3) is 1.60. The smallest absolute Gasteiger partial charge is 0.354 e. The summed E-state index contributed by atoms with van der Waals surface area (Å²) in [5.41, 5.74) is -1.43. The number of carbonyl (C=O) groups is 1. The fourth-order valence-electron chi connectivity index (χ4n) is 0.537. The molecule has 1 rings (SSSR count). The molecule has 5 nitrogen and oxygen atoms in total. The number of hydrogen-bond acceptors (Lipinski definition) is 3. The van der Waals surface area contributed by atoms with Gasteiger partial charge in [0.2, 0.25) is 0 Å². The molecule has 2 N–H and O–H groups in total. The molecule has 1 heterocycles. The Morgan fingerprint density at radius 2 is 2.36 bits per heavy atom. The molecule has 0 saturated carbocycles. The minimum absolute atomic E-state index is 0.605. The Morgan fingerprint density at radius 1 is 1.73 bits per heavy atom. The quantitative estimate of drug-likeness (QED) is 0.545. The average Bonchev–Trinajstić information content (AvgIpc) is 1.85. The predicted octanol–water partition coefficient (Wildman–Crippen LogP) is -0.393. The lowest BCUT2D eigenvalue weighted by molar-refractivity contribution is 0.0688. The van der Waals surface area contributed by atoms with Crippen molar-refractivity contribution < 1.29 is 14.3 Å². The number of H-pyrrole nitrogens is 1. The maximum absolute atomic E-state index is 12.2. The molecule has 0 atom stereocenters. The molecule has 0 fully saturated rings. The molecule has 0 unspecified atom stereocenters. The maximum Gasteiger partial charge on any atom is 0.354 e. The summed E-state index contributed by atoms with van der Waals surface area (Å²) in [5.74, 6) is -1.44. The molecular formula is C5H3FN2O3. The van der Waals surface area contributed by atoms with Crippen LogP contribution in [-0.4, -0.2) is 21.0 Å². The number of halogens is 1. The van der Waals surface area contributed by atoms with E-state index in [1.165, 1.54) is 0 Å². The van der Waals surface area contributed by atoms with Crippen LogP contribution in [0.2, 0.25) is 0 Å². The van der Waals surface area contributed by atoms with Crippen LogP contribution in [-0.2, 0) is 0 Å². The van der Waals surface area contributed by atoms with Gasteiger partial charge in [0.25, 0.3) is 11.6 Å². The fourth-order valence-corrected chi connectivity index (χ4v) is 0.537. The number of rotatable bonds is 1. The van der Waals surface area contributed by atoms with Crippen LogP contribution < -0.4 is 5.56 Å². The SMILES string of the molecule is O=C(O)c1cc(=O)[nH]c(F)n1. The van der Waals surface area contributed by atoms with Gasteiger partial charge in [-0.25, -0.2) is 4.79 Å². The van der Waals surface area contributed by atoms with Crippen molar-refractivity contribution >= 4 is 5.97 Å². The van der Waals surface area contributed by atoms with Crippen molar-refractivity contribution in [2.75, 3.05) is 0 Å². The number of carboxylic acids is 1. The molecule has 1 aromatic heterocycles. The first-order valence-corrected chi connectivity index (χ1v) is 2.60. The average molecular weight is 158 g/mol. The molecule has 1 aromatic rings. The van der Waals surface area contributed by atoms with Crippen LogP contribution in [0.5, 0.6) is 0 Å². The molecular weight excluding hydrogens is 155 g/mol. The maximum atomic E-state index is 12.2. The fraction of sp³-hybridized carbons (Fsp3) is 0. The largest absolute Gasteiger partial charge is 0.477 e. The van der Waals surface area contributed by atoms with Gasteiger partial charge >= 0.3 is 5.97 Å². The highest BCUT2D eigenvalue weighted by atomic mass is 19.1. The number of hydrogen-bond donors (Lipinski definition) is 2. The van der Waals surface area contributed by atoms with E-state index >= 15 is 0 Å². The lowest BCUT2D eigenvalue weighted by Gasteiger charge is -1.90. The number of aromatic amines is 1. The summed E-state index contributed by atoms with van der Waals surface area (Å²) < 4.78 is 12.2. The van der Waals surface area contributed by atoms with Crippen molar-refractivity contribution in [3.05, 3.63) is 28.2 Å². The predicted molar refractivity (Wildman–Crippen MR) is 31.8 cm³/mol. The van der Waals surface area contributed by atoms with E-state index in [1.54, 1.807) is 4.98 Å². The van der Waals surface area contributed by atoms with Gasteiger partial charge in [0, 0.05) is 6.07 Å². The first kappa shape index (κ1) is 7.39. The summed E-state index contributed by atoms with van der Waals surface area (Å²) in [6.45, 7) is 0. The molecule has 6 heteroatoms. The van der Waals surface area contributed by atoms with E-state index in [1.807, 2.05) is 0 Å². The molecule has 0 spiro atoms. The summed E-state index contributed by atoms with van der Waals surface area (Å²) in [7, 11) is 0. The molecule has 0 aliphatic carbocycles. The molecule has 0 aliphatic rings. The van der Waals surface area contributed by atoms with Crippen molar-refractivity contribution in [2.45, 2.75) is 0 Å². The van der Waals surface area contributed by atoms with Crippen molar-refractivity contribution in [1.82, 2.24) is 9.97 Å². The topological polar surface area (TPSA) is 83.0 Å². The van der Waals surface area contributed by atoms with Gasteiger partial charge in [-0.3, -0.25) is 9.78 Å². The third-order valence-corrected chi connectivity index (χ3v) is 0.932. The lowest BCUT2D eigenvalue weighted by atomic mass is 10.4.